The van der Waals surface area contributed by atoms with E-state index in [1.165, 1.54) is 6.07 Å². The van der Waals surface area contributed by atoms with E-state index in [2.05, 4.69) is 0 Å². The molecular formula is C19H22N2O4. The fourth-order valence-electron chi connectivity index (χ4n) is 2.45. The fourth-order valence-corrected chi connectivity index (χ4v) is 2.45. The topological polar surface area (TPSA) is 72.7 Å². The number of aryl methyl sites for hydroxylation is 1. The van der Waals surface area contributed by atoms with E-state index < -0.39 is 4.92 Å². The lowest BCUT2D eigenvalue weighted by Gasteiger charge is -2.27. The van der Waals surface area contributed by atoms with E-state index in [0.717, 1.165) is 11.1 Å². The smallest absolute Gasteiger partial charge is 0.310 e. The van der Waals surface area contributed by atoms with E-state index >= 15 is 0 Å². The lowest BCUT2D eigenvalue weighted by molar-refractivity contribution is -0.385. The summed E-state index contributed by atoms with van der Waals surface area (Å²) in [7, 11) is 0. The van der Waals surface area contributed by atoms with E-state index in [4.69, 9.17) is 4.74 Å². The van der Waals surface area contributed by atoms with E-state index in [1.807, 2.05) is 51.1 Å². The SMILES string of the molecule is Cc1ccc([N+](=O)[O-])c(OCC(=O)N(Cc2ccccc2)C(C)C)c1. The van der Waals surface area contributed by atoms with Gasteiger partial charge in [-0.2, -0.15) is 0 Å². The molecule has 1 amide bonds. The van der Waals surface area contributed by atoms with Gasteiger partial charge in [0.2, 0.25) is 0 Å². The van der Waals surface area contributed by atoms with Gasteiger partial charge in [-0.25, -0.2) is 0 Å². The van der Waals surface area contributed by atoms with Gasteiger partial charge in [-0.15, -0.1) is 0 Å². The van der Waals surface area contributed by atoms with Crippen molar-refractivity contribution in [2.24, 2.45) is 0 Å². The molecule has 0 heterocycles. The third-order valence-corrected chi connectivity index (χ3v) is 3.80. The molecule has 132 valence electrons. The minimum atomic E-state index is -0.510. The highest BCUT2D eigenvalue weighted by Crippen LogP contribution is 2.27. The Morgan fingerprint density at radius 3 is 2.48 bits per heavy atom. The number of benzene rings is 2. The van der Waals surface area contributed by atoms with Gasteiger partial charge in [0, 0.05) is 18.7 Å². The molecular weight excluding hydrogens is 320 g/mol. The van der Waals surface area contributed by atoms with E-state index in [9.17, 15) is 14.9 Å². The Balaban J connectivity index is 2.09. The number of nitro benzene ring substituents is 1. The molecule has 6 heteroatoms. The van der Waals surface area contributed by atoms with Crippen molar-refractivity contribution >= 4 is 11.6 Å². The van der Waals surface area contributed by atoms with Crippen LogP contribution in [0.25, 0.3) is 0 Å². The van der Waals surface area contributed by atoms with Gasteiger partial charge in [0.25, 0.3) is 5.91 Å². The van der Waals surface area contributed by atoms with Gasteiger partial charge in [0.15, 0.2) is 12.4 Å². The molecule has 0 radical (unpaired) electrons. The largest absolute Gasteiger partial charge is 0.477 e. The van der Waals surface area contributed by atoms with Crippen LogP contribution in [0.1, 0.15) is 25.0 Å². The van der Waals surface area contributed by atoms with Crippen molar-refractivity contribution in [3.63, 3.8) is 0 Å². The molecule has 0 bridgehead atoms. The normalized spacial score (nSPS) is 10.6. The Kier molecular flexibility index (Phi) is 6.11. The molecule has 0 atom stereocenters. The molecule has 0 aliphatic rings. The van der Waals surface area contributed by atoms with Gasteiger partial charge < -0.3 is 9.64 Å². The lowest BCUT2D eigenvalue weighted by Crippen LogP contribution is -2.39. The zero-order valence-electron chi connectivity index (χ0n) is 14.6. The number of nitro groups is 1. The van der Waals surface area contributed by atoms with Crippen LogP contribution in [-0.4, -0.2) is 28.4 Å². The zero-order valence-corrected chi connectivity index (χ0v) is 14.6. The Bertz CT molecular complexity index is 744. The standard InChI is InChI=1S/C19H22N2O4/c1-14(2)20(12-16-7-5-4-6-8-16)19(22)13-25-18-11-15(3)9-10-17(18)21(23)24/h4-11,14H,12-13H2,1-3H3. The minimum Gasteiger partial charge on any atom is -0.477 e. The second-order valence-corrected chi connectivity index (χ2v) is 6.12. The summed E-state index contributed by atoms with van der Waals surface area (Å²) < 4.78 is 5.48. The Morgan fingerprint density at radius 2 is 1.88 bits per heavy atom. The first-order valence-corrected chi connectivity index (χ1v) is 8.09. The van der Waals surface area contributed by atoms with Crippen LogP contribution in [0.4, 0.5) is 5.69 Å². The van der Waals surface area contributed by atoms with E-state index in [1.54, 1.807) is 17.0 Å². The highest BCUT2D eigenvalue weighted by atomic mass is 16.6. The summed E-state index contributed by atoms with van der Waals surface area (Å²) in [5.41, 5.74) is 1.71. The van der Waals surface area contributed by atoms with Gasteiger partial charge in [0.05, 0.1) is 4.92 Å². The van der Waals surface area contributed by atoms with Crippen molar-refractivity contribution in [1.82, 2.24) is 4.90 Å². The number of carbonyl (C=O) groups excluding carboxylic acids is 1. The van der Waals surface area contributed by atoms with Crippen molar-refractivity contribution in [1.29, 1.82) is 0 Å². The summed E-state index contributed by atoms with van der Waals surface area (Å²) in [6, 6.07) is 14.3. The van der Waals surface area contributed by atoms with Crippen LogP contribution in [0, 0.1) is 17.0 Å². The average Bonchev–Trinajstić information content (AvgIpc) is 2.58. The second-order valence-electron chi connectivity index (χ2n) is 6.12. The molecule has 25 heavy (non-hydrogen) atoms. The zero-order chi connectivity index (χ0) is 18.4. The highest BCUT2D eigenvalue weighted by molar-refractivity contribution is 5.78. The number of amides is 1. The summed E-state index contributed by atoms with van der Waals surface area (Å²) in [4.78, 5) is 24.8. The summed E-state index contributed by atoms with van der Waals surface area (Å²) in [6.07, 6.45) is 0. The van der Waals surface area contributed by atoms with Crippen molar-refractivity contribution in [3.8, 4) is 5.75 Å². The first-order chi connectivity index (χ1) is 11.9. The van der Waals surface area contributed by atoms with E-state index in [0.29, 0.717) is 6.54 Å². The number of nitrogens with zero attached hydrogens (tertiary/aromatic N) is 2. The molecule has 0 saturated heterocycles. The summed E-state index contributed by atoms with van der Waals surface area (Å²) >= 11 is 0. The predicted molar refractivity (Wildman–Crippen MR) is 95.5 cm³/mol. The van der Waals surface area contributed by atoms with Crippen molar-refractivity contribution < 1.29 is 14.5 Å². The summed E-state index contributed by atoms with van der Waals surface area (Å²) in [5.74, 6) is -0.101. The maximum Gasteiger partial charge on any atom is 0.310 e. The molecule has 0 saturated carbocycles. The van der Waals surface area contributed by atoms with Crippen LogP contribution in [0.15, 0.2) is 48.5 Å². The summed E-state index contributed by atoms with van der Waals surface area (Å²) in [5, 5.41) is 11.1. The van der Waals surface area contributed by atoms with Crippen molar-refractivity contribution in [3.05, 3.63) is 69.8 Å². The number of rotatable bonds is 7. The molecule has 0 aliphatic heterocycles. The first kappa shape index (κ1) is 18.4. The fraction of sp³-hybridized carbons (Fsp3) is 0.316. The molecule has 2 aromatic rings. The number of hydrogen-bond donors (Lipinski definition) is 0. The summed E-state index contributed by atoms with van der Waals surface area (Å²) in [6.45, 7) is 5.89. The maximum atomic E-state index is 12.6. The van der Waals surface area contributed by atoms with Gasteiger partial charge in [-0.3, -0.25) is 14.9 Å². The Labute approximate surface area is 147 Å². The quantitative estimate of drug-likeness (QED) is 0.568. The minimum absolute atomic E-state index is 0.0104. The molecule has 0 spiro atoms. The van der Waals surface area contributed by atoms with E-state index in [-0.39, 0.29) is 30.0 Å². The molecule has 0 fully saturated rings. The number of ether oxygens (including phenoxy) is 1. The van der Waals surface area contributed by atoms with Crippen LogP contribution >= 0.6 is 0 Å². The van der Waals surface area contributed by atoms with Crippen LogP contribution in [0.5, 0.6) is 5.75 Å². The Morgan fingerprint density at radius 1 is 1.20 bits per heavy atom. The Hall–Kier alpha value is -2.89. The van der Waals surface area contributed by atoms with Gasteiger partial charge >= 0.3 is 5.69 Å². The number of carbonyl (C=O) groups is 1. The highest BCUT2D eigenvalue weighted by Gasteiger charge is 2.20. The van der Waals surface area contributed by atoms with Crippen molar-refractivity contribution in [2.45, 2.75) is 33.4 Å². The third-order valence-electron chi connectivity index (χ3n) is 3.80. The third kappa shape index (κ3) is 5.04. The first-order valence-electron chi connectivity index (χ1n) is 8.09. The van der Waals surface area contributed by atoms with Crippen LogP contribution in [0.2, 0.25) is 0 Å². The van der Waals surface area contributed by atoms with Gasteiger partial charge in [-0.05, 0) is 38.0 Å². The molecule has 6 nitrogen and oxygen atoms in total. The predicted octanol–water partition coefficient (Wildman–Crippen LogP) is 3.72. The van der Waals surface area contributed by atoms with Crippen LogP contribution < -0.4 is 4.74 Å². The average molecular weight is 342 g/mol. The molecule has 0 aromatic heterocycles. The maximum absolute atomic E-state index is 12.6. The van der Waals surface area contributed by atoms with Crippen molar-refractivity contribution in [2.75, 3.05) is 6.61 Å². The lowest BCUT2D eigenvalue weighted by atomic mass is 10.2. The molecule has 0 unspecified atom stereocenters. The number of hydrogen-bond acceptors (Lipinski definition) is 4. The van der Waals surface area contributed by atoms with Crippen LogP contribution in [0.3, 0.4) is 0 Å². The van der Waals surface area contributed by atoms with Gasteiger partial charge in [-0.1, -0.05) is 36.4 Å². The molecule has 0 N–H and O–H groups in total. The molecule has 2 aromatic carbocycles. The van der Waals surface area contributed by atoms with Gasteiger partial charge in [0.1, 0.15) is 0 Å². The second kappa shape index (κ2) is 8.28. The monoisotopic (exact) mass is 342 g/mol. The van der Waals surface area contributed by atoms with Crippen LogP contribution in [-0.2, 0) is 11.3 Å². The molecule has 2 rings (SSSR count). The molecule has 0 aliphatic carbocycles.